The molecule has 0 spiro atoms. The van der Waals surface area contributed by atoms with Gasteiger partial charge in [0.05, 0.1) is 28.6 Å². The Morgan fingerprint density at radius 2 is 1.64 bits per heavy atom. The number of rotatable bonds is 2. The maximum absolute atomic E-state index is 13.2. The molecule has 5 nitrogen and oxygen atoms in total. The summed E-state index contributed by atoms with van der Waals surface area (Å²) in [7, 11) is -0.532. The Hall–Kier alpha value is -1.89. The third-order valence-corrected chi connectivity index (χ3v) is 6.40. The van der Waals surface area contributed by atoms with Gasteiger partial charge in [-0.2, -0.15) is 0 Å². The maximum atomic E-state index is 13.2. The third kappa shape index (κ3) is 2.78. The second-order valence-corrected chi connectivity index (χ2v) is 9.39. The lowest BCUT2D eigenvalue weighted by Crippen LogP contribution is -2.41. The van der Waals surface area contributed by atoms with E-state index in [2.05, 4.69) is 4.98 Å². The predicted molar refractivity (Wildman–Crippen MR) is 111 cm³/mol. The van der Waals surface area contributed by atoms with Crippen LogP contribution in [0.25, 0.3) is 0 Å². The van der Waals surface area contributed by atoms with Gasteiger partial charge in [-0.1, -0.05) is 11.6 Å². The SMILES string of the molecule is CC1(C)c2cc(Cl)ccc2C(=O)N1c1cncc(B2OC(C)(C)C(C)(C)O2)c1. The van der Waals surface area contributed by atoms with E-state index < -0.39 is 23.9 Å². The fraction of sp³-hybridized carbons (Fsp3) is 0.429. The van der Waals surface area contributed by atoms with Crippen LogP contribution in [0.5, 0.6) is 0 Å². The van der Waals surface area contributed by atoms with Crippen LogP contribution in [0.2, 0.25) is 5.02 Å². The van der Waals surface area contributed by atoms with Crippen molar-refractivity contribution in [3.05, 3.63) is 52.8 Å². The molecule has 0 bridgehead atoms. The number of pyridine rings is 1. The molecule has 1 aromatic heterocycles. The van der Waals surface area contributed by atoms with Gasteiger partial charge >= 0.3 is 7.12 Å². The number of carbonyl (C=O) groups is 1. The highest BCUT2D eigenvalue weighted by atomic mass is 35.5. The highest BCUT2D eigenvalue weighted by Crippen LogP contribution is 2.42. The summed E-state index contributed by atoms with van der Waals surface area (Å²) in [6.45, 7) is 12.1. The summed E-state index contributed by atoms with van der Waals surface area (Å²) in [5, 5.41) is 0.616. The average Bonchev–Trinajstić information content (AvgIpc) is 2.93. The van der Waals surface area contributed by atoms with E-state index in [1.54, 1.807) is 29.4 Å². The highest BCUT2D eigenvalue weighted by molar-refractivity contribution is 6.62. The van der Waals surface area contributed by atoms with Gasteiger partial charge in [-0.25, -0.2) is 0 Å². The number of amides is 1. The molecule has 28 heavy (non-hydrogen) atoms. The molecule has 0 radical (unpaired) electrons. The summed E-state index contributed by atoms with van der Waals surface area (Å²) >= 11 is 6.18. The minimum atomic E-state index is -0.548. The van der Waals surface area contributed by atoms with Crippen molar-refractivity contribution in [2.45, 2.75) is 58.3 Å². The molecular weight excluding hydrogens is 375 g/mol. The van der Waals surface area contributed by atoms with Crippen LogP contribution in [0.3, 0.4) is 0 Å². The standard InChI is InChI=1S/C21H24BClN2O3/c1-19(2)17-10-14(23)7-8-16(17)18(26)25(19)15-9-13(11-24-12-15)22-27-20(3,4)21(5,6)28-22/h7-12H,1-6H3. The van der Waals surface area contributed by atoms with Crippen LogP contribution in [0.4, 0.5) is 5.69 Å². The van der Waals surface area contributed by atoms with Crippen LogP contribution in [0, 0.1) is 0 Å². The van der Waals surface area contributed by atoms with Gasteiger partial charge in [0.1, 0.15) is 0 Å². The molecule has 0 N–H and O–H groups in total. The van der Waals surface area contributed by atoms with Gasteiger partial charge in [-0.05, 0) is 71.4 Å². The zero-order valence-corrected chi connectivity index (χ0v) is 17.8. The summed E-state index contributed by atoms with van der Waals surface area (Å²) < 4.78 is 12.3. The number of aromatic nitrogens is 1. The average molecular weight is 399 g/mol. The molecule has 1 saturated heterocycles. The van der Waals surface area contributed by atoms with E-state index in [9.17, 15) is 4.79 Å². The normalized spacial score (nSPS) is 21.9. The maximum Gasteiger partial charge on any atom is 0.496 e. The molecule has 0 atom stereocenters. The molecule has 0 saturated carbocycles. The van der Waals surface area contributed by atoms with Crippen molar-refractivity contribution in [1.29, 1.82) is 0 Å². The van der Waals surface area contributed by atoms with Crippen molar-refractivity contribution in [1.82, 2.24) is 4.98 Å². The van der Waals surface area contributed by atoms with Gasteiger partial charge in [0.15, 0.2) is 0 Å². The Balaban J connectivity index is 1.72. The van der Waals surface area contributed by atoms with Gasteiger partial charge in [0.25, 0.3) is 5.91 Å². The Morgan fingerprint density at radius 1 is 1.00 bits per heavy atom. The van der Waals surface area contributed by atoms with Crippen molar-refractivity contribution in [2.24, 2.45) is 0 Å². The highest BCUT2D eigenvalue weighted by Gasteiger charge is 2.52. The fourth-order valence-corrected chi connectivity index (χ4v) is 3.99. The lowest BCUT2D eigenvalue weighted by atomic mass is 9.80. The van der Waals surface area contributed by atoms with E-state index >= 15 is 0 Å². The van der Waals surface area contributed by atoms with E-state index in [1.807, 2.05) is 53.7 Å². The number of hydrogen-bond donors (Lipinski definition) is 0. The van der Waals surface area contributed by atoms with Gasteiger partial charge in [0, 0.05) is 22.2 Å². The van der Waals surface area contributed by atoms with Crippen molar-refractivity contribution in [3.8, 4) is 0 Å². The molecule has 3 heterocycles. The van der Waals surface area contributed by atoms with Crippen LogP contribution in [0.15, 0.2) is 36.7 Å². The molecule has 1 amide bonds. The molecule has 4 rings (SSSR count). The Kier molecular flexibility index (Phi) is 4.20. The van der Waals surface area contributed by atoms with E-state index in [0.717, 1.165) is 11.0 Å². The van der Waals surface area contributed by atoms with Crippen molar-refractivity contribution in [2.75, 3.05) is 4.90 Å². The Bertz CT molecular complexity index is 958. The smallest absolute Gasteiger partial charge is 0.399 e. The molecule has 146 valence electrons. The molecule has 1 fully saturated rings. The van der Waals surface area contributed by atoms with Crippen LogP contribution < -0.4 is 10.4 Å². The first-order chi connectivity index (χ1) is 12.9. The number of anilines is 1. The zero-order chi connectivity index (χ0) is 20.5. The van der Waals surface area contributed by atoms with Crippen LogP contribution >= 0.6 is 11.6 Å². The minimum Gasteiger partial charge on any atom is -0.399 e. The number of fused-ring (bicyclic) bond motifs is 1. The largest absolute Gasteiger partial charge is 0.496 e. The van der Waals surface area contributed by atoms with E-state index in [0.29, 0.717) is 16.3 Å². The summed E-state index contributed by atoms with van der Waals surface area (Å²) in [4.78, 5) is 19.3. The first-order valence-corrected chi connectivity index (χ1v) is 9.77. The molecule has 1 aromatic carbocycles. The van der Waals surface area contributed by atoms with Gasteiger partial charge in [-0.3, -0.25) is 14.7 Å². The third-order valence-electron chi connectivity index (χ3n) is 6.16. The molecule has 2 aliphatic heterocycles. The van der Waals surface area contributed by atoms with Crippen LogP contribution in [-0.2, 0) is 14.8 Å². The zero-order valence-electron chi connectivity index (χ0n) is 17.0. The minimum absolute atomic E-state index is 0.0652. The fourth-order valence-electron chi connectivity index (χ4n) is 3.82. The molecule has 0 unspecified atom stereocenters. The number of benzene rings is 1. The van der Waals surface area contributed by atoms with Crippen molar-refractivity contribution < 1.29 is 14.1 Å². The van der Waals surface area contributed by atoms with Crippen molar-refractivity contribution in [3.63, 3.8) is 0 Å². The van der Waals surface area contributed by atoms with Gasteiger partial charge in [0.2, 0.25) is 0 Å². The lowest BCUT2D eigenvalue weighted by molar-refractivity contribution is 0.00578. The number of halogens is 1. The Morgan fingerprint density at radius 3 is 2.29 bits per heavy atom. The number of nitrogens with zero attached hydrogens (tertiary/aromatic N) is 2. The molecule has 0 aliphatic carbocycles. The molecular formula is C21H24BClN2O3. The van der Waals surface area contributed by atoms with Crippen molar-refractivity contribution >= 4 is 35.8 Å². The molecule has 2 aromatic rings. The van der Waals surface area contributed by atoms with E-state index in [4.69, 9.17) is 20.9 Å². The molecule has 2 aliphatic rings. The Labute approximate surface area is 171 Å². The summed E-state index contributed by atoms with van der Waals surface area (Å²) in [6, 6.07) is 7.31. The second-order valence-electron chi connectivity index (χ2n) is 8.95. The van der Waals surface area contributed by atoms with Gasteiger partial charge < -0.3 is 9.31 Å². The first kappa shape index (κ1) is 19.4. The molecule has 7 heteroatoms. The van der Waals surface area contributed by atoms with Crippen LogP contribution in [-0.4, -0.2) is 29.2 Å². The monoisotopic (exact) mass is 398 g/mol. The lowest BCUT2D eigenvalue weighted by Gasteiger charge is -2.32. The van der Waals surface area contributed by atoms with Gasteiger partial charge in [-0.15, -0.1) is 0 Å². The summed E-state index contributed by atoms with van der Waals surface area (Å²) in [5.74, 6) is -0.0652. The van der Waals surface area contributed by atoms with E-state index in [1.165, 1.54) is 0 Å². The summed E-state index contributed by atoms with van der Waals surface area (Å²) in [5.41, 5.74) is 1.63. The topological polar surface area (TPSA) is 51.7 Å². The predicted octanol–water partition coefficient (Wildman–Crippen LogP) is 3.93. The summed E-state index contributed by atoms with van der Waals surface area (Å²) in [6.07, 6.45) is 3.42. The van der Waals surface area contributed by atoms with E-state index in [-0.39, 0.29) is 5.91 Å². The van der Waals surface area contributed by atoms with Crippen LogP contribution in [0.1, 0.15) is 57.5 Å². The number of hydrogen-bond acceptors (Lipinski definition) is 4. The second kappa shape index (κ2) is 6.05. The quantitative estimate of drug-likeness (QED) is 0.719. The number of carbonyl (C=O) groups excluding carboxylic acids is 1. The first-order valence-electron chi connectivity index (χ1n) is 9.39.